The predicted molar refractivity (Wildman–Crippen MR) is 106 cm³/mol. The van der Waals surface area contributed by atoms with E-state index in [-0.39, 0.29) is 5.91 Å². The minimum atomic E-state index is -0.833. The Morgan fingerprint density at radius 3 is 2.50 bits per heavy atom. The van der Waals surface area contributed by atoms with Gasteiger partial charge in [-0.15, -0.1) is 11.3 Å². The molecule has 0 saturated carbocycles. The lowest BCUT2D eigenvalue weighted by atomic mass is 10.0. The molecule has 148 valence electrons. The molecule has 3 rings (SSSR count). The average molecular weight is 402 g/mol. The number of nitrogens with one attached hydrogen (secondary N) is 2. The van der Waals surface area contributed by atoms with Crippen LogP contribution < -0.4 is 15.4 Å². The number of aryl methyl sites for hydroxylation is 1. The van der Waals surface area contributed by atoms with Gasteiger partial charge in [-0.2, -0.15) is 0 Å². The van der Waals surface area contributed by atoms with E-state index in [4.69, 9.17) is 4.74 Å². The van der Waals surface area contributed by atoms with Gasteiger partial charge in [0.15, 0.2) is 0 Å². The number of ether oxygens (including phenoxy) is 2. The standard InChI is InChI=1S/C20H22N2O5S/c1-26-14-10-7-6-8-12(14)17(23)21-19-16(18(24)22-20(25)27-2)13-9-4-3-5-11-15(13)28-19/h6-8,10H,3-5,9,11H2,1-2H3,(H,21,23)(H,22,24,25). The highest BCUT2D eigenvalue weighted by molar-refractivity contribution is 7.17. The van der Waals surface area contributed by atoms with Gasteiger partial charge in [0.25, 0.3) is 11.8 Å². The molecule has 7 nitrogen and oxygen atoms in total. The molecular formula is C20H22N2O5S. The van der Waals surface area contributed by atoms with Crippen molar-refractivity contribution in [1.82, 2.24) is 5.32 Å². The van der Waals surface area contributed by atoms with Crippen LogP contribution in [0.4, 0.5) is 9.80 Å². The molecular weight excluding hydrogens is 380 g/mol. The third kappa shape index (κ3) is 4.17. The summed E-state index contributed by atoms with van der Waals surface area (Å²) in [6, 6.07) is 6.87. The summed E-state index contributed by atoms with van der Waals surface area (Å²) < 4.78 is 9.79. The van der Waals surface area contributed by atoms with Crippen molar-refractivity contribution in [3.8, 4) is 5.75 Å². The Labute approximate surface area is 167 Å². The SMILES string of the molecule is COC(=O)NC(=O)c1c(NC(=O)c2ccccc2OC)sc2c1CCCCC2. The number of alkyl carbamates (subject to hydrolysis) is 1. The second-order valence-corrected chi connectivity index (χ2v) is 7.47. The third-order valence-corrected chi connectivity index (χ3v) is 5.84. The zero-order valence-corrected chi connectivity index (χ0v) is 16.6. The molecule has 1 aliphatic rings. The van der Waals surface area contributed by atoms with Crippen molar-refractivity contribution in [2.45, 2.75) is 32.1 Å². The second kappa shape index (κ2) is 8.88. The van der Waals surface area contributed by atoms with Crippen LogP contribution in [0, 0.1) is 0 Å². The fourth-order valence-corrected chi connectivity index (χ4v) is 4.56. The molecule has 0 bridgehead atoms. The van der Waals surface area contributed by atoms with Crippen LogP contribution in [0.25, 0.3) is 0 Å². The molecule has 8 heteroatoms. The van der Waals surface area contributed by atoms with Gasteiger partial charge in [-0.05, 0) is 43.4 Å². The number of carbonyl (C=O) groups is 3. The van der Waals surface area contributed by atoms with Gasteiger partial charge in [-0.1, -0.05) is 18.6 Å². The van der Waals surface area contributed by atoms with Crippen LogP contribution >= 0.6 is 11.3 Å². The number of anilines is 1. The monoisotopic (exact) mass is 402 g/mol. The molecule has 28 heavy (non-hydrogen) atoms. The molecule has 1 aromatic carbocycles. The lowest BCUT2D eigenvalue weighted by molar-refractivity contribution is 0.0937. The first kappa shape index (κ1) is 19.9. The topological polar surface area (TPSA) is 93.7 Å². The van der Waals surface area contributed by atoms with Gasteiger partial charge in [-0.3, -0.25) is 14.9 Å². The Bertz CT molecular complexity index is 906. The maximum atomic E-state index is 12.8. The second-order valence-electron chi connectivity index (χ2n) is 6.37. The summed E-state index contributed by atoms with van der Waals surface area (Å²) in [5.74, 6) is -0.499. The largest absolute Gasteiger partial charge is 0.496 e. The van der Waals surface area contributed by atoms with E-state index in [1.54, 1.807) is 24.3 Å². The number of methoxy groups -OCH3 is 2. The number of amides is 3. The molecule has 3 amide bonds. The molecule has 2 aromatic rings. The van der Waals surface area contributed by atoms with Crippen LogP contribution in [0.2, 0.25) is 0 Å². The molecule has 0 fully saturated rings. The fourth-order valence-electron chi connectivity index (χ4n) is 3.28. The van der Waals surface area contributed by atoms with Crippen molar-refractivity contribution in [3.05, 3.63) is 45.8 Å². The molecule has 0 saturated heterocycles. The molecule has 1 heterocycles. The van der Waals surface area contributed by atoms with Crippen molar-refractivity contribution < 1.29 is 23.9 Å². The van der Waals surface area contributed by atoms with Gasteiger partial charge in [0, 0.05) is 4.88 Å². The summed E-state index contributed by atoms with van der Waals surface area (Å²) in [4.78, 5) is 38.2. The van der Waals surface area contributed by atoms with Crippen molar-refractivity contribution in [2.24, 2.45) is 0 Å². The molecule has 1 aliphatic carbocycles. The highest BCUT2D eigenvalue weighted by Crippen LogP contribution is 2.38. The summed E-state index contributed by atoms with van der Waals surface area (Å²) in [5, 5.41) is 5.48. The summed E-state index contributed by atoms with van der Waals surface area (Å²) in [6.45, 7) is 0. The number of para-hydroxylation sites is 1. The molecule has 0 spiro atoms. The highest BCUT2D eigenvalue weighted by atomic mass is 32.1. The third-order valence-electron chi connectivity index (χ3n) is 4.63. The predicted octanol–water partition coefficient (Wildman–Crippen LogP) is 3.77. The van der Waals surface area contributed by atoms with E-state index in [0.717, 1.165) is 42.5 Å². The zero-order chi connectivity index (χ0) is 20.1. The number of hydrogen-bond acceptors (Lipinski definition) is 6. The number of hydrogen-bond donors (Lipinski definition) is 2. The summed E-state index contributed by atoms with van der Waals surface area (Å²) in [6.07, 6.45) is 3.83. The zero-order valence-electron chi connectivity index (χ0n) is 15.8. The summed E-state index contributed by atoms with van der Waals surface area (Å²) in [7, 11) is 2.69. The maximum Gasteiger partial charge on any atom is 0.413 e. The number of benzene rings is 1. The minimum Gasteiger partial charge on any atom is -0.496 e. The Morgan fingerprint density at radius 1 is 1.00 bits per heavy atom. The molecule has 2 N–H and O–H groups in total. The maximum absolute atomic E-state index is 12.8. The molecule has 0 atom stereocenters. The van der Waals surface area contributed by atoms with Gasteiger partial charge >= 0.3 is 6.09 Å². The Kier molecular flexibility index (Phi) is 6.30. The Morgan fingerprint density at radius 2 is 1.75 bits per heavy atom. The van der Waals surface area contributed by atoms with E-state index in [0.29, 0.717) is 21.9 Å². The number of rotatable bonds is 4. The lowest BCUT2D eigenvalue weighted by Crippen LogP contribution is -2.31. The van der Waals surface area contributed by atoms with Crippen LogP contribution in [0.3, 0.4) is 0 Å². The summed E-state index contributed by atoms with van der Waals surface area (Å²) in [5.41, 5.74) is 1.61. The van der Waals surface area contributed by atoms with Gasteiger partial charge < -0.3 is 14.8 Å². The van der Waals surface area contributed by atoms with Gasteiger partial charge in [0.05, 0.1) is 25.3 Å². The van der Waals surface area contributed by atoms with E-state index in [1.165, 1.54) is 25.6 Å². The number of carbonyl (C=O) groups excluding carboxylic acids is 3. The minimum absolute atomic E-state index is 0.343. The first-order valence-electron chi connectivity index (χ1n) is 9.03. The molecule has 0 unspecified atom stereocenters. The summed E-state index contributed by atoms with van der Waals surface area (Å²) >= 11 is 1.39. The van der Waals surface area contributed by atoms with E-state index < -0.39 is 12.0 Å². The quantitative estimate of drug-likeness (QED) is 0.759. The van der Waals surface area contributed by atoms with Crippen LogP contribution in [0.1, 0.15) is 50.4 Å². The fraction of sp³-hybridized carbons (Fsp3) is 0.350. The van der Waals surface area contributed by atoms with E-state index >= 15 is 0 Å². The molecule has 0 aliphatic heterocycles. The average Bonchev–Trinajstić information content (AvgIpc) is 2.88. The van der Waals surface area contributed by atoms with Crippen LogP contribution in [-0.2, 0) is 17.6 Å². The highest BCUT2D eigenvalue weighted by Gasteiger charge is 2.27. The van der Waals surface area contributed by atoms with Crippen LogP contribution in [0.15, 0.2) is 24.3 Å². The lowest BCUT2D eigenvalue weighted by Gasteiger charge is -2.10. The van der Waals surface area contributed by atoms with Crippen molar-refractivity contribution in [3.63, 3.8) is 0 Å². The Balaban J connectivity index is 1.96. The van der Waals surface area contributed by atoms with Crippen molar-refractivity contribution >= 4 is 34.2 Å². The van der Waals surface area contributed by atoms with E-state index in [2.05, 4.69) is 15.4 Å². The normalized spacial score (nSPS) is 13.1. The number of imide groups is 1. The number of fused-ring (bicyclic) bond motifs is 1. The first-order valence-corrected chi connectivity index (χ1v) is 9.85. The smallest absolute Gasteiger partial charge is 0.413 e. The van der Waals surface area contributed by atoms with E-state index in [9.17, 15) is 14.4 Å². The first-order chi connectivity index (χ1) is 13.5. The van der Waals surface area contributed by atoms with Crippen LogP contribution in [-0.4, -0.2) is 32.1 Å². The van der Waals surface area contributed by atoms with Gasteiger partial charge in [0.2, 0.25) is 0 Å². The van der Waals surface area contributed by atoms with Gasteiger partial charge in [0.1, 0.15) is 10.8 Å². The van der Waals surface area contributed by atoms with E-state index in [1.807, 2.05) is 0 Å². The van der Waals surface area contributed by atoms with Gasteiger partial charge in [-0.25, -0.2) is 4.79 Å². The van der Waals surface area contributed by atoms with Crippen molar-refractivity contribution in [1.29, 1.82) is 0 Å². The molecule has 0 radical (unpaired) electrons. The Hall–Kier alpha value is -2.87. The molecule has 1 aromatic heterocycles. The van der Waals surface area contributed by atoms with Crippen LogP contribution in [0.5, 0.6) is 5.75 Å². The van der Waals surface area contributed by atoms with Crippen molar-refractivity contribution in [2.75, 3.05) is 19.5 Å². The number of thiophene rings is 1.